The van der Waals surface area contributed by atoms with Crippen LogP contribution in [0.2, 0.25) is 0 Å². The molecule has 8 N–H and O–H groups in total. The fourth-order valence-corrected chi connectivity index (χ4v) is 2.46. The maximum Gasteiger partial charge on any atom is 0.423 e. The molecule has 0 bridgehead atoms. The van der Waals surface area contributed by atoms with Crippen LogP contribution < -0.4 is 22.9 Å². The van der Waals surface area contributed by atoms with Gasteiger partial charge in [0.2, 0.25) is 0 Å². The van der Waals surface area contributed by atoms with Gasteiger partial charge in [0.15, 0.2) is 0 Å². The molecule has 2 aromatic carbocycles. The first-order valence-corrected chi connectivity index (χ1v) is 7.77. The Morgan fingerprint density at radius 1 is 0.667 bits per heavy atom. The van der Waals surface area contributed by atoms with Crippen molar-refractivity contribution in [2.24, 2.45) is 0 Å². The summed E-state index contributed by atoms with van der Waals surface area (Å²) in [6.45, 7) is 0. The van der Waals surface area contributed by atoms with Crippen LogP contribution in [0.15, 0.2) is 36.4 Å². The number of hydrogen-bond donors (Lipinski definition) is 4. The summed E-state index contributed by atoms with van der Waals surface area (Å²) in [6.07, 6.45) is 0. The number of rotatable bonds is 4. The van der Waals surface area contributed by atoms with Gasteiger partial charge in [0, 0.05) is 22.7 Å². The van der Waals surface area contributed by atoms with Gasteiger partial charge in [0.1, 0.15) is 0 Å². The quantitative estimate of drug-likeness (QED) is 0.469. The predicted molar refractivity (Wildman–Crippen MR) is 90.4 cm³/mol. The standard InChI is InChI=1S/C14H15N4O5P/c15-9-1-7(2-10(16)5-9)13(19)22-24(21)23-14(20)8-3-11(17)6-12(18)4-8/h1-6,24H,15-18H2. The van der Waals surface area contributed by atoms with Crippen LogP contribution in [0.4, 0.5) is 22.7 Å². The Kier molecular flexibility index (Phi) is 4.96. The van der Waals surface area contributed by atoms with Crippen molar-refractivity contribution in [2.75, 3.05) is 22.9 Å². The monoisotopic (exact) mass is 350 g/mol. The van der Waals surface area contributed by atoms with Crippen molar-refractivity contribution in [1.82, 2.24) is 0 Å². The molecule has 2 aromatic rings. The van der Waals surface area contributed by atoms with E-state index in [1.165, 1.54) is 36.4 Å². The van der Waals surface area contributed by atoms with Crippen LogP contribution in [0.1, 0.15) is 20.7 Å². The first kappa shape index (κ1) is 17.2. The highest BCUT2D eigenvalue weighted by molar-refractivity contribution is 7.34. The SMILES string of the molecule is Nc1cc(N)cc(C(=O)O[PH](=O)OC(=O)c2cc(N)cc(N)c2)c1. The Hall–Kier alpha value is -3.19. The van der Waals surface area contributed by atoms with Gasteiger partial charge in [-0.3, -0.25) is 0 Å². The molecule has 126 valence electrons. The number of carbonyl (C=O) groups is 2. The van der Waals surface area contributed by atoms with E-state index < -0.39 is 20.2 Å². The van der Waals surface area contributed by atoms with Gasteiger partial charge in [-0.25, -0.2) is 14.2 Å². The molecule has 0 aliphatic rings. The van der Waals surface area contributed by atoms with E-state index in [2.05, 4.69) is 9.05 Å². The highest BCUT2D eigenvalue weighted by Crippen LogP contribution is 2.29. The minimum absolute atomic E-state index is 0.0184. The number of nitrogen functional groups attached to an aromatic ring is 4. The maximum absolute atomic E-state index is 11.8. The lowest BCUT2D eigenvalue weighted by Gasteiger charge is -2.08. The lowest BCUT2D eigenvalue weighted by Crippen LogP contribution is -2.06. The minimum Gasteiger partial charge on any atom is -0.399 e. The van der Waals surface area contributed by atoms with Gasteiger partial charge in [-0.15, -0.1) is 0 Å². The molecular formula is C14H15N4O5P. The molecule has 0 amide bonds. The second-order valence-corrected chi connectivity index (χ2v) is 5.71. The Labute approximate surface area is 137 Å². The van der Waals surface area contributed by atoms with Crippen LogP contribution in [0.5, 0.6) is 0 Å². The first-order valence-electron chi connectivity index (χ1n) is 6.55. The van der Waals surface area contributed by atoms with Crippen LogP contribution in [0.25, 0.3) is 0 Å². The van der Waals surface area contributed by atoms with Crippen molar-refractivity contribution in [3.05, 3.63) is 47.5 Å². The Bertz CT molecular complexity index is 732. The van der Waals surface area contributed by atoms with Gasteiger partial charge >= 0.3 is 20.2 Å². The van der Waals surface area contributed by atoms with E-state index in [0.29, 0.717) is 0 Å². The van der Waals surface area contributed by atoms with Gasteiger partial charge in [-0.1, -0.05) is 0 Å². The summed E-state index contributed by atoms with van der Waals surface area (Å²) < 4.78 is 20.9. The molecule has 0 saturated carbocycles. The van der Waals surface area contributed by atoms with Crippen molar-refractivity contribution in [2.45, 2.75) is 0 Å². The van der Waals surface area contributed by atoms with E-state index in [9.17, 15) is 14.2 Å². The van der Waals surface area contributed by atoms with E-state index in [4.69, 9.17) is 22.9 Å². The Morgan fingerprint density at radius 3 is 1.25 bits per heavy atom. The van der Waals surface area contributed by atoms with Gasteiger partial charge < -0.3 is 32.0 Å². The molecule has 0 saturated heterocycles. The van der Waals surface area contributed by atoms with Gasteiger partial charge in [0.05, 0.1) is 11.1 Å². The maximum atomic E-state index is 11.8. The largest absolute Gasteiger partial charge is 0.423 e. The molecule has 0 aliphatic heterocycles. The van der Waals surface area contributed by atoms with Crippen LogP contribution in [0.3, 0.4) is 0 Å². The van der Waals surface area contributed by atoms with Crippen molar-refractivity contribution >= 4 is 42.9 Å². The van der Waals surface area contributed by atoms with E-state index in [1.807, 2.05) is 0 Å². The van der Waals surface area contributed by atoms with Gasteiger partial charge in [-0.05, 0) is 36.4 Å². The van der Waals surface area contributed by atoms with Crippen LogP contribution >= 0.6 is 8.25 Å². The number of hydrogen-bond acceptors (Lipinski definition) is 9. The van der Waals surface area contributed by atoms with Crippen molar-refractivity contribution in [3.63, 3.8) is 0 Å². The fraction of sp³-hybridized carbons (Fsp3) is 0. The average Bonchev–Trinajstić information content (AvgIpc) is 2.44. The summed E-state index contributed by atoms with van der Waals surface area (Å²) in [5, 5.41) is 0. The third kappa shape index (κ3) is 4.40. The summed E-state index contributed by atoms with van der Waals surface area (Å²) in [5.74, 6) is -1.98. The molecule has 0 aromatic heterocycles. The predicted octanol–water partition coefficient (Wildman–Crippen LogP) is 1.42. The van der Waals surface area contributed by atoms with E-state index >= 15 is 0 Å². The third-order valence-electron chi connectivity index (χ3n) is 2.78. The lowest BCUT2D eigenvalue weighted by atomic mass is 10.2. The number of nitrogens with two attached hydrogens (primary N) is 4. The number of carbonyl (C=O) groups excluding carboxylic acids is 2. The fourth-order valence-electron chi connectivity index (χ4n) is 1.88. The van der Waals surface area contributed by atoms with Crippen molar-refractivity contribution in [1.29, 1.82) is 0 Å². The van der Waals surface area contributed by atoms with Crippen LogP contribution in [-0.2, 0) is 13.6 Å². The normalized spacial score (nSPS) is 10.4. The number of benzene rings is 2. The van der Waals surface area contributed by atoms with Gasteiger partial charge in [0.25, 0.3) is 0 Å². The molecule has 0 heterocycles. The van der Waals surface area contributed by atoms with E-state index in [0.717, 1.165) is 0 Å². The average molecular weight is 350 g/mol. The molecule has 10 heteroatoms. The zero-order chi connectivity index (χ0) is 17.9. The summed E-state index contributed by atoms with van der Waals surface area (Å²) in [7, 11) is -3.45. The molecule has 0 fully saturated rings. The molecule has 2 rings (SSSR count). The molecular weight excluding hydrogens is 335 g/mol. The summed E-state index contributed by atoms with van der Waals surface area (Å²) in [4.78, 5) is 23.7. The third-order valence-corrected chi connectivity index (χ3v) is 3.48. The van der Waals surface area contributed by atoms with E-state index in [1.54, 1.807) is 0 Å². The second-order valence-electron chi connectivity index (χ2n) is 4.81. The lowest BCUT2D eigenvalue weighted by molar-refractivity contribution is 0.0653. The van der Waals surface area contributed by atoms with Gasteiger partial charge in [-0.2, -0.15) is 0 Å². The second kappa shape index (κ2) is 6.93. The Morgan fingerprint density at radius 2 is 0.958 bits per heavy atom. The summed E-state index contributed by atoms with van der Waals surface area (Å²) >= 11 is 0. The topological polar surface area (TPSA) is 174 Å². The number of anilines is 4. The molecule has 24 heavy (non-hydrogen) atoms. The smallest absolute Gasteiger partial charge is 0.399 e. The molecule has 0 unspecified atom stereocenters. The van der Waals surface area contributed by atoms with Crippen LogP contribution in [-0.4, -0.2) is 11.9 Å². The van der Waals surface area contributed by atoms with Crippen molar-refractivity contribution in [3.8, 4) is 0 Å². The summed E-state index contributed by atoms with van der Waals surface area (Å²) in [5.41, 5.74) is 23.1. The first-order chi connectivity index (χ1) is 11.2. The molecule has 0 aliphatic carbocycles. The molecule has 9 nitrogen and oxygen atoms in total. The summed E-state index contributed by atoms with van der Waals surface area (Å²) in [6, 6.07) is 8.01. The Balaban J connectivity index is 2.04. The van der Waals surface area contributed by atoms with Crippen LogP contribution in [0, 0.1) is 0 Å². The molecule has 0 atom stereocenters. The minimum atomic E-state index is -3.45. The molecule has 0 radical (unpaired) electrons. The highest BCUT2D eigenvalue weighted by atomic mass is 31.1. The zero-order valence-corrected chi connectivity index (χ0v) is 13.3. The molecule has 0 spiro atoms. The zero-order valence-electron chi connectivity index (χ0n) is 12.3. The van der Waals surface area contributed by atoms with E-state index in [-0.39, 0.29) is 33.9 Å². The highest BCUT2D eigenvalue weighted by Gasteiger charge is 2.17. The van der Waals surface area contributed by atoms with Crippen molar-refractivity contribution < 1.29 is 23.2 Å².